The van der Waals surface area contributed by atoms with Crippen molar-refractivity contribution in [2.45, 2.75) is 43.7 Å². The van der Waals surface area contributed by atoms with Crippen LogP contribution in [0.4, 0.5) is 14.6 Å². The molecule has 4 atom stereocenters. The lowest BCUT2D eigenvalue weighted by Gasteiger charge is -2.39. The second-order valence-electron chi connectivity index (χ2n) is 12.3. The van der Waals surface area contributed by atoms with E-state index in [2.05, 4.69) is 34.4 Å². The smallest absolute Gasteiger partial charge is 0.319 e. The Labute approximate surface area is 249 Å². The zero-order chi connectivity index (χ0) is 29.8. The Kier molecular flexibility index (Phi) is 7.01. The molecule has 0 bridgehead atoms. The molecule has 1 amide bonds. The quantitative estimate of drug-likeness (QED) is 0.288. The molecule has 2 saturated heterocycles. The van der Waals surface area contributed by atoms with Gasteiger partial charge in [0.1, 0.15) is 24.0 Å². The number of benzene rings is 2. The molecule has 2 unspecified atom stereocenters. The number of halogens is 2. The first-order valence-corrected chi connectivity index (χ1v) is 15.0. The standard InChI is InChI=1S/C33H34F2N6O2/c1-19(34)32(42)41-13-12-40(17-23(41)16-36-2)31-26-10-9-25(24-8-4-6-20-14-21-15-27(21)28(20)24)29(35)30(26)37-33(38-31)43-18-22-7-5-11-39(22)3/h4,6,8-10,21-23,27H,1,5,7,11-18H2,3H3/t21?,22-,23-,27?/m0/s1. The van der Waals surface area contributed by atoms with Crippen LogP contribution >= 0.6 is 0 Å². The van der Waals surface area contributed by atoms with E-state index < -0.39 is 23.6 Å². The summed E-state index contributed by atoms with van der Waals surface area (Å²) in [7, 11) is 2.06. The molecule has 0 spiro atoms. The molecule has 2 aliphatic heterocycles. The number of anilines is 1. The second kappa shape index (κ2) is 10.9. The Morgan fingerprint density at radius 2 is 2.02 bits per heavy atom. The Hall–Kier alpha value is -4.10. The van der Waals surface area contributed by atoms with Gasteiger partial charge in [-0.3, -0.25) is 4.79 Å². The van der Waals surface area contributed by atoms with Crippen molar-refractivity contribution >= 4 is 22.6 Å². The summed E-state index contributed by atoms with van der Waals surface area (Å²) in [5.41, 5.74) is 4.19. The average molecular weight is 585 g/mol. The zero-order valence-electron chi connectivity index (χ0n) is 24.2. The van der Waals surface area contributed by atoms with Gasteiger partial charge in [0, 0.05) is 36.6 Å². The van der Waals surface area contributed by atoms with Crippen molar-refractivity contribution in [2.75, 3.05) is 51.3 Å². The van der Waals surface area contributed by atoms with Gasteiger partial charge in [0.2, 0.25) is 6.54 Å². The lowest BCUT2D eigenvalue weighted by atomic mass is 9.93. The van der Waals surface area contributed by atoms with E-state index >= 15 is 4.39 Å². The van der Waals surface area contributed by atoms with Crippen molar-refractivity contribution < 1.29 is 18.3 Å². The van der Waals surface area contributed by atoms with Gasteiger partial charge in [0.05, 0.1) is 0 Å². The summed E-state index contributed by atoms with van der Waals surface area (Å²) in [6, 6.07) is 9.58. The maximum atomic E-state index is 16.6. The van der Waals surface area contributed by atoms with E-state index in [4.69, 9.17) is 16.3 Å². The summed E-state index contributed by atoms with van der Waals surface area (Å²) in [5.74, 6) is -0.625. The molecule has 4 aliphatic rings. The molecule has 2 aliphatic carbocycles. The molecule has 2 aromatic carbocycles. The first-order chi connectivity index (χ1) is 20.8. The molecule has 3 aromatic rings. The summed E-state index contributed by atoms with van der Waals surface area (Å²) in [6.07, 6.45) is 4.31. The van der Waals surface area contributed by atoms with Gasteiger partial charge < -0.3 is 24.3 Å². The molecule has 0 radical (unpaired) electrons. The molecule has 7 rings (SSSR count). The molecule has 10 heteroatoms. The number of carbonyl (C=O) groups is 1. The van der Waals surface area contributed by atoms with Crippen LogP contribution in [0, 0.1) is 18.3 Å². The predicted molar refractivity (Wildman–Crippen MR) is 160 cm³/mol. The third-order valence-corrected chi connectivity index (χ3v) is 9.68. The largest absolute Gasteiger partial charge is 0.462 e. The Morgan fingerprint density at radius 3 is 2.79 bits per heavy atom. The SMILES string of the molecule is [C-]#[N+]C[C@H]1CN(c2nc(OC[C@@H]3CCCN3C)nc3c(F)c(-c4cccc5c4C4CC4C5)ccc23)CCN1C(=O)C(=C)F. The first kappa shape index (κ1) is 27.7. The zero-order valence-corrected chi connectivity index (χ0v) is 24.2. The number of amides is 1. The third kappa shape index (κ3) is 4.89. The number of hydrogen-bond acceptors (Lipinski definition) is 6. The van der Waals surface area contributed by atoms with Crippen LogP contribution in [-0.4, -0.2) is 84.1 Å². The second-order valence-corrected chi connectivity index (χ2v) is 12.3. The lowest BCUT2D eigenvalue weighted by molar-refractivity contribution is -0.131. The van der Waals surface area contributed by atoms with Gasteiger partial charge in [-0.25, -0.2) is 15.4 Å². The summed E-state index contributed by atoms with van der Waals surface area (Å²) in [5, 5.41) is 0.527. The Bertz CT molecular complexity index is 1670. The summed E-state index contributed by atoms with van der Waals surface area (Å²) in [4.78, 5) is 30.9. The molecule has 43 heavy (non-hydrogen) atoms. The highest BCUT2D eigenvalue weighted by Crippen LogP contribution is 2.58. The Morgan fingerprint density at radius 1 is 1.16 bits per heavy atom. The third-order valence-electron chi connectivity index (χ3n) is 9.68. The number of likely N-dealkylation sites (tertiary alicyclic amines) is 1. The summed E-state index contributed by atoms with van der Waals surface area (Å²) < 4.78 is 36.6. The van der Waals surface area contributed by atoms with Gasteiger partial charge >= 0.3 is 6.01 Å². The summed E-state index contributed by atoms with van der Waals surface area (Å²) in [6.45, 7) is 12.7. The fraction of sp³-hybridized carbons (Fsp3) is 0.455. The van der Waals surface area contributed by atoms with E-state index in [0.29, 0.717) is 41.8 Å². The van der Waals surface area contributed by atoms with Crippen LogP contribution in [0.3, 0.4) is 0 Å². The minimum atomic E-state index is -1.05. The molecule has 8 nitrogen and oxygen atoms in total. The van der Waals surface area contributed by atoms with Crippen LogP contribution < -0.4 is 9.64 Å². The highest BCUT2D eigenvalue weighted by atomic mass is 19.1. The van der Waals surface area contributed by atoms with Crippen molar-refractivity contribution in [3.05, 3.63) is 71.1 Å². The van der Waals surface area contributed by atoms with Crippen LogP contribution in [0.5, 0.6) is 6.01 Å². The van der Waals surface area contributed by atoms with Crippen molar-refractivity contribution in [1.82, 2.24) is 19.8 Å². The van der Waals surface area contributed by atoms with E-state index in [1.165, 1.54) is 16.0 Å². The molecule has 3 fully saturated rings. The molecule has 1 saturated carbocycles. The van der Waals surface area contributed by atoms with Crippen LogP contribution in [0.25, 0.3) is 26.9 Å². The van der Waals surface area contributed by atoms with E-state index in [0.717, 1.165) is 37.8 Å². The number of piperazine rings is 1. The number of aromatic nitrogens is 2. The normalized spacial score (nSPS) is 24.5. The van der Waals surface area contributed by atoms with Gasteiger partial charge in [0.25, 0.3) is 5.91 Å². The fourth-order valence-corrected chi connectivity index (χ4v) is 7.31. The minimum absolute atomic E-state index is 0.00427. The Balaban J connectivity index is 1.29. The summed E-state index contributed by atoms with van der Waals surface area (Å²) >= 11 is 0. The maximum Gasteiger partial charge on any atom is 0.319 e. The van der Waals surface area contributed by atoms with Crippen LogP contribution in [0.2, 0.25) is 0 Å². The van der Waals surface area contributed by atoms with E-state index in [1.807, 2.05) is 29.2 Å². The monoisotopic (exact) mass is 584 g/mol. The average Bonchev–Trinajstić information content (AvgIpc) is 3.48. The lowest BCUT2D eigenvalue weighted by Crippen LogP contribution is -2.56. The van der Waals surface area contributed by atoms with Crippen LogP contribution in [0.15, 0.2) is 42.7 Å². The number of nitrogens with zero attached hydrogens (tertiary/aromatic N) is 6. The first-order valence-electron chi connectivity index (χ1n) is 15.0. The maximum absolute atomic E-state index is 16.6. The fourth-order valence-electron chi connectivity index (χ4n) is 7.31. The molecule has 222 valence electrons. The van der Waals surface area contributed by atoms with Crippen molar-refractivity contribution in [3.8, 4) is 17.1 Å². The van der Waals surface area contributed by atoms with E-state index in [9.17, 15) is 9.18 Å². The van der Waals surface area contributed by atoms with Gasteiger partial charge in [-0.1, -0.05) is 30.8 Å². The van der Waals surface area contributed by atoms with Gasteiger partial charge in [-0.2, -0.15) is 9.97 Å². The number of ether oxygens (including phenoxy) is 1. The number of carbonyl (C=O) groups excluding carboxylic acids is 1. The van der Waals surface area contributed by atoms with E-state index in [-0.39, 0.29) is 37.2 Å². The minimum Gasteiger partial charge on any atom is -0.462 e. The molecule has 0 N–H and O–H groups in total. The topological polar surface area (TPSA) is 66.2 Å². The van der Waals surface area contributed by atoms with Crippen LogP contribution in [-0.2, 0) is 11.2 Å². The van der Waals surface area contributed by atoms with E-state index in [1.54, 1.807) is 0 Å². The number of hydrogen-bond donors (Lipinski definition) is 0. The highest BCUT2D eigenvalue weighted by molar-refractivity contribution is 5.95. The van der Waals surface area contributed by atoms with Gasteiger partial charge in [-0.15, -0.1) is 0 Å². The molecular formula is C33H34F2N6O2. The van der Waals surface area contributed by atoms with Crippen molar-refractivity contribution in [3.63, 3.8) is 0 Å². The molecular weight excluding hydrogens is 550 g/mol. The number of fused-ring (bicyclic) bond motifs is 4. The molecule has 3 heterocycles. The van der Waals surface area contributed by atoms with Gasteiger partial charge in [0.15, 0.2) is 11.6 Å². The van der Waals surface area contributed by atoms with Crippen molar-refractivity contribution in [2.24, 2.45) is 5.92 Å². The predicted octanol–water partition coefficient (Wildman–Crippen LogP) is 4.99. The number of likely N-dealkylation sites (N-methyl/N-ethyl adjacent to an activating group) is 1. The highest BCUT2D eigenvalue weighted by Gasteiger charge is 2.46. The van der Waals surface area contributed by atoms with Gasteiger partial charge in [-0.05, 0) is 73.9 Å². The van der Waals surface area contributed by atoms with Crippen LogP contribution in [0.1, 0.15) is 36.3 Å². The number of rotatable bonds is 7. The molecule has 1 aromatic heterocycles. The van der Waals surface area contributed by atoms with Crippen molar-refractivity contribution in [1.29, 1.82) is 0 Å².